The van der Waals surface area contributed by atoms with Gasteiger partial charge in [-0.3, -0.25) is 0 Å². The summed E-state index contributed by atoms with van der Waals surface area (Å²) in [5, 5.41) is 12.2. The van der Waals surface area contributed by atoms with Crippen molar-refractivity contribution in [2.24, 2.45) is 7.05 Å². The lowest BCUT2D eigenvalue weighted by molar-refractivity contribution is 0.427. The molecular formula is C14H14N4O. The van der Waals surface area contributed by atoms with Gasteiger partial charge in [0.25, 0.3) is 0 Å². The van der Waals surface area contributed by atoms with E-state index in [0.29, 0.717) is 0 Å². The van der Waals surface area contributed by atoms with Crippen molar-refractivity contribution in [2.75, 3.05) is 0 Å². The van der Waals surface area contributed by atoms with E-state index in [1.54, 1.807) is 0 Å². The number of aromatic nitrogens is 4. The van der Waals surface area contributed by atoms with Crippen molar-refractivity contribution >= 4 is 0 Å². The van der Waals surface area contributed by atoms with Crippen LogP contribution in [0.1, 0.15) is 11.5 Å². The van der Waals surface area contributed by atoms with Crippen LogP contribution in [-0.2, 0) is 7.05 Å². The lowest BCUT2D eigenvalue weighted by Gasteiger charge is -2.03. The van der Waals surface area contributed by atoms with Gasteiger partial charge >= 0.3 is 0 Å². The minimum atomic E-state index is 0.762. The zero-order chi connectivity index (χ0) is 13.4. The van der Waals surface area contributed by atoms with Crippen LogP contribution in [0.4, 0.5) is 0 Å². The molecule has 0 spiro atoms. The second kappa shape index (κ2) is 4.35. The van der Waals surface area contributed by atoms with Crippen molar-refractivity contribution in [2.45, 2.75) is 13.8 Å². The highest BCUT2D eigenvalue weighted by atomic mass is 16.5. The fourth-order valence-electron chi connectivity index (χ4n) is 1.97. The Morgan fingerprint density at radius 1 is 1.05 bits per heavy atom. The van der Waals surface area contributed by atoms with E-state index in [4.69, 9.17) is 4.52 Å². The van der Waals surface area contributed by atoms with Crippen LogP contribution in [0.25, 0.3) is 22.7 Å². The Morgan fingerprint density at radius 3 is 2.47 bits per heavy atom. The molecule has 5 nitrogen and oxygen atoms in total. The van der Waals surface area contributed by atoms with Crippen LogP contribution in [0.15, 0.2) is 34.9 Å². The minimum absolute atomic E-state index is 0.762. The Labute approximate surface area is 110 Å². The van der Waals surface area contributed by atoms with Gasteiger partial charge in [0.1, 0.15) is 5.82 Å². The zero-order valence-electron chi connectivity index (χ0n) is 11.1. The highest BCUT2D eigenvalue weighted by Gasteiger charge is 2.10. The Hall–Kier alpha value is -2.43. The Morgan fingerprint density at radius 2 is 1.84 bits per heavy atom. The van der Waals surface area contributed by atoms with Crippen molar-refractivity contribution in [1.29, 1.82) is 0 Å². The van der Waals surface area contributed by atoms with Gasteiger partial charge in [-0.2, -0.15) is 0 Å². The molecule has 0 aliphatic heterocycles. The molecule has 0 unspecified atom stereocenters. The van der Waals surface area contributed by atoms with Crippen molar-refractivity contribution in [3.8, 4) is 22.7 Å². The van der Waals surface area contributed by atoms with Gasteiger partial charge in [-0.25, -0.2) is 0 Å². The van der Waals surface area contributed by atoms with Crippen molar-refractivity contribution in [1.82, 2.24) is 19.9 Å². The fraction of sp³-hybridized carbons (Fsp3) is 0.214. The second-order valence-electron chi connectivity index (χ2n) is 4.54. The van der Waals surface area contributed by atoms with Crippen LogP contribution in [-0.4, -0.2) is 19.9 Å². The number of nitrogens with zero attached hydrogens (tertiary/aromatic N) is 4. The van der Waals surface area contributed by atoms with Gasteiger partial charge in [0.05, 0.1) is 5.69 Å². The van der Waals surface area contributed by atoms with Crippen LogP contribution in [0, 0.1) is 13.8 Å². The minimum Gasteiger partial charge on any atom is -0.356 e. The first-order chi connectivity index (χ1) is 9.15. The fourth-order valence-corrected chi connectivity index (χ4v) is 1.97. The van der Waals surface area contributed by atoms with Crippen LogP contribution in [0.2, 0.25) is 0 Å². The maximum atomic E-state index is 5.28. The van der Waals surface area contributed by atoms with E-state index in [9.17, 15) is 0 Å². The van der Waals surface area contributed by atoms with Crippen LogP contribution in [0.5, 0.6) is 0 Å². The Kier molecular flexibility index (Phi) is 2.67. The standard InChI is InChI=1S/C14H14N4O/c1-9-7-13(19-17-9)11-5-4-6-12(8-11)14-16-15-10(2)18(14)3/h4-8H,1-3H3. The largest absolute Gasteiger partial charge is 0.356 e. The quantitative estimate of drug-likeness (QED) is 0.705. The number of aryl methyl sites for hydroxylation is 2. The molecule has 2 heterocycles. The molecule has 0 bridgehead atoms. The van der Waals surface area contributed by atoms with E-state index in [-0.39, 0.29) is 0 Å². The molecule has 0 atom stereocenters. The van der Waals surface area contributed by atoms with E-state index < -0.39 is 0 Å². The van der Waals surface area contributed by atoms with E-state index >= 15 is 0 Å². The van der Waals surface area contributed by atoms with Crippen LogP contribution >= 0.6 is 0 Å². The topological polar surface area (TPSA) is 56.7 Å². The molecule has 0 aliphatic carbocycles. The summed E-state index contributed by atoms with van der Waals surface area (Å²) in [5.41, 5.74) is 2.86. The molecule has 0 fully saturated rings. The average molecular weight is 254 g/mol. The predicted molar refractivity (Wildman–Crippen MR) is 71.4 cm³/mol. The number of benzene rings is 1. The maximum Gasteiger partial charge on any atom is 0.167 e. The summed E-state index contributed by atoms with van der Waals surface area (Å²) in [6.07, 6.45) is 0. The third-order valence-electron chi connectivity index (χ3n) is 3.13. The van der Waals surface area contributed by atoms with Gasteiger partial charge in [-0.15, -0.1) is 10.2 Å². The van der Waals surface area contributed by atoms with Gasteiger partial charge in [0, 0.05) is 24.2 Å². The van der Waals surface area contributed by atoms with Gasteiger partial charge in [-0.1, -0.05) is 23.4 Å². The molecule has 2 aromatic heterocycles. The number of hydrogen-bond acceptors (Lipinski definition) is 4. The molecule has 3 aromatic rings. The first kappa shape index (κ1) is 11.6. The van der Waals surface area contributed by atoms with Crippen molar-refractivity contribution < 1.29 is 4.52 Å². The third kappa shape index (κ3) is 2.03. The summed E-state index contributed by atoms with van der Waals surface area (Å²) in [5.74, 6) is 2.49. The molecule has 0 N–H and O–H groups in total. The first-order valence-corrected chi connectivity index (χ1v) is 6.05. The monoisotopic (exact) mass is 254 g/mol. The normalized spacial score (nSPS) is 10.9. The zero-order valence-corrected chi connectivity index (χ0v) is 11.1. The van der Waals surface area contributed by atoms with Crippen LogP contribution in [0.3, 0.4) is 0 Å². The van der Waals surface area contributed by atoms with E-state index in [0.717, 1.165) is 34.2 Å². The Balaban J connectivity index is 2.07. The van der Waals surface area contributed by atoms with Crippen molar-refractivity contribution in [3.05, 3.63) is 41.9 Å². The molecule has 0 saturated carbocycles. The summed E-state index contributed by atoms with van der Waals surface area (Å²) in [6.45, 7) is 3.84. The average Bonchev–Trinajstić information content (AvgIpc) is 2.98. The molecule has 0 aliphatic rings. The number of hydrogen-bond donors (Lipinski definition) is 0. The van der Waals surface area contributed by atoms with Gasteiger partial charge in [-0.05, 0) is 19.9 Å². The van der Waals surface area contributed by atoms with E-state index in [1.165, 1.54) is 0 Å². The maximum absolute atomic E-state index is 5.28. The lowest BCUT2D eigenvalue weighted by Crippen LogP contribution is -1.94. The molecule has 0 saturated heterocycles. The molecule has 19 heavy (non-hydrogen) atoms. The third-order valence-corrected chi connectivity index (χ3v) is 3.13. The lowest BCUT2D eigenvalue weighted by atomic mass is 10.1. The van der Waals surface area contributed by atoms with Gasteiger partial charge in [0.15, 0.2) is 11.6 Å². The van der Waals surface area contributed by atoms with Gasteiger partial charge < -0.3 is 9.09 Å². The summed E-state index contributed by atoms with van der Waals surface area (Å²) in [7, 11) is 1.95. The van der Waals surface area contributed by atoms with Crippen molar-refractivity contribution in [3.63, 3.8) is 0 Å². The number of rotatable bonds is 2. The molecular weight excluding hydrogens is 240 g/mol. The summed E-state index contributed by atoms with van der Waals surface area (Å²) < 4.78 is 7.25. The summed E-state index contributed by atoms with van der Waals surface area (Å²) in [4.78, 5) is 0. The highest BCUT2D eigenvalue weighted by molar-refractivity contribution is 5.67. The molecule has 0 radical (unpaired) electrons. The predicted octanol–water partition coefficient (Wildman–Crippen LogP) is 2.75. The van der Waals surface area contributed by atoms with Crippen LogP contribution < -0.4 is 0 Å². The summed E-state index contributed by atoms with van der Waals surface area (Å²) in [6, 6.07) is 9.93. The molecule has 1 aromatic carbocycles. The molecule has 5 heteroatoms. The smallest absolute Gasteiger partial charge is 0.167 e. The first-order valence-electron chi connectivity index (χ1n) is 6.05. The summed E-state index contributed by atoms with van der Waals surface area (Å²) >= 11 is 0. The SMILES string of the molecule is Cc1cc(-c2cccc(-c3nnc(C)n3C)c2)on1. The molecule has 96 valence electrons. The second-order valence-corrected chi connectivity index (χ2v) is 4.54. The van der Waals surface area contributed by atoms with E-state index in [1.807, 2.05) is 55.8 Å². The molecule has 3 rings (SSSR count). The Bertz CT molecular complexity index is 727. The highest BCUT2D eigenvalue weighted by Crippen LogP contribution is 2.25. The van der Waals surface area contributed by atoms with Gasteiger partial charge in [0.2, 0.25) is 0 Å². The van der Waals surface area contributed by atoms with E-state index in [2.05, 4.69) is 15.4 Å². The molecule has 0 amide bonds.